The van der Waals surface area contributed by atoms with Crippen LogP contribution in [-0.2, 0) is 0 Å². The van der Waals surface area contributed by atoms with E-state index in [0.717, 1.165) is 6.04 Å². The van der Waals surface area contributed by atoms with Crippen LogP contribution in [0.5, 0.6) is 0 Å². The molecule has 3 heteroatoms. The maximum atomic E-state index is 2.77. The summed E-state index contributed by atoms with van der Waals surface area (Å²) >= 11 is 2.22. The van der Waals surface area contributed by atoms with Gasteiger partial charge in [0.25, 0.3) is 0 Å². The van der Waals surface area contributed by atoms with E-state index in [2.05, 4.69) is 28.5 Å². The highest BCUT2D eigenvalue weighted by Crippen LogP contribution is 2.38. The minimum Gasteiger partial charge on any atom is -0.300 e. The van der Waals surface area contributed by atoms with Crippen molar-refractivity contribution in [3.8, 4) is 0 Å². The van der Waals surface area contributed by atoms with Gasteiger partial charge in [-0.05, 0) is 64.4 Å². The molecule has 0 radical (unpaired) electrons. The number of hydrogen-bond donors (Lipinski definition) is 0. The van der Waals surface area contributed by atoms with Crippen molar-refractivity contribution in [3.05, 3.63) is 0 Å². The lowest BCUT2D eigenvalue weighted by Gasteiger charge is -2.32. The van der Waals surface area contributed by atoms with Crippen molar-refractivity contribution in [2.75, 3.05) is 38.5 Å². The predicted octanol–water partition coefficient (Wildman–Crippen LogP) is 2.44. The monoisotopic (exact) mass is 254 g/mol. The van der Waals surface area contributed by atoms with Crippen LogP contribution in [0.15, 0.2) is 0 Å². The fourth-order valence-electron chi connectivity index (χ4n) is 3.86. The second-order valence-electron chi connectivity index (χ2n) is 6.32. The molecular weight excluding hydrogens is 228 g/mol. The van der Waals surface area contributed by atoms with Crippen molar-refractivity contribution >= 4 is 11.8 Å². The van der Waals surface area contributed by atoms with E-state index in [9.17, 15) is 0 Å². The van der Waals surface area contributed by atoms with E-state index in [4.69, 9.17) is 0 Å². The van der Waals surface area contributed by atoms with Gasteiger partial charge in [0.05, 0.1) is 0 Å². The van der Waals surface area contributed by atoms with E-state index >= 15 is 0 Å². The molecule has 0 N–H and O–H groups in total. The van der Waals surface area contributed by atoms with E-state index in [-0.39, 0.29) is 0 Å². The minimum absolute atomic E-state index is 0.563. The summed E-state index contributed by atoms with van der Waals surface area (Å²) in [6, 6.07) is 0.882. The molecule has 3 aliphatic rings. The van der Waals surface area contributed by atoms with Gasteiger partial charge in [-0.1, -0.05) is 0 Å². The molecule has 3 heterocycles. The molecule has 0 aliphatic carbocycles. The number of hydrogen-bond acceptors (Lipinski definition) is 3. The van der Waals surface area contributed by atoms with Gasteiger partial charge >= 0.3 is 0 Å². The maximum Gasteiger partial charge on any atom is 0.0259 e. The number of nitrogens with zero attached hydrogens (tertiary/aromatic N) is 2. The smallest absolute Gasteiger partial charge is 0.0259 e. The Hall–Kier alpha value is 0.270. The minimum atomic E-state index is 0.563. The lowest BCUT2D eigenvalue weighted by Crippen LogP contribution is -2.42. The van der Waals surface area contributed by atoms with Gasteiger partial charge in [0.2, 0.25) is 0 Å². The predicted molar refractivity (Wildman–Crippen MR) is 75.7 cm³/mol. The number of thioether (sulfide) groups is 1. The summed E-state index contributed by atoms with van der Waals surface area (Å²) in [7, 11) is 0. The summed E-state index contributed by atoms with van der Waals surface area (Å²) in [6.07, 6.45) is 7.13. The summed E-state index contributed by atoms with van der Waals surface area (Å²) in [4.78, 5) is 5.51. The second-order valence-corrected chi connectivity index (χ2v) is 8.01. The summed E-state index contributed by atoms with van der Waals surface area (Å²) < 4.78 is 0.563. The third-order valence-corrected chi connectivity index (χ3v) is 6.27. The lowest BCUT2D eigenvalue weighted by molar-refractivity contribution is 0.208. The van der Waals surface area contributed by atoms with Crippen LogP contribution in [0.2, 0.25) is 0 Å². The summed E-state index contributed by atoms with van der Waals surface area (Å²) in [6.45, 7) is 9.22. The van der Waals surface area contributed by atoms with Crippen LogP contribution >= 0.6 is 11.8 Å². The highest BCUT2D eigenvalue weighted by Gasteiger charge is 2.34. The third-order valence-electron chi connectivity index (χ3n) is 4.75. The Balaban J connectivity index is 1.59. The van der Waals surface area contributed by atoms with Crippen LogP contribution in [0.1, 0.15) is 39.0 Å². The van der Waals surface area contributed by atoms with Crippen molar-refractivity contribution in [1.29, 1.82) is 0 Å². The van der Waals surface area contributed by atoms with Crippen molar-refractivity contribution in [1.82, 2.24) is 9.80 Å². The molecule has 2 atom stereocenters. The van der Waals surface area contributed by atoms with E-state index in [1.54, 1.807) is 0 Å². The molecule has 2 unspecified atom stereocenters. The first-order chi connectivity index (χ1) is 8.25. The van der Waals surface area contributed by atoms with Gasteiger partial charge in [-0.25, -0.2) is 0 Å². The topological polar surface area (TPSA) is 6.48 Å². The molecule has 0 bridgehead atoms. The molecule has 0 aromatic carbocycles. The van der Waals surface area contributed by atoms with Crippen molar-refractivity contribution in [2.24, 2.45) is 0 Å². The van der Waals surface area contributed by atoms with E-state index in [0.29, 0.717) is 4.75 Å². The van der Waals surface area contributed by atoms with Crippen molar-refractivity contribution < 1.29 is 0 Å². The molecule has 3 aliphatic heterocycles. The molecule has 0 amide bonds. The maximum absolute atomic E-state index is 2.77. The largest absolute Gasteiger partial charge is 0.300 e. The average molecular weight is 254 g/mol. The van der Waals surface area contributed by atoms with Crippen LogP contribution < -0.4 is 0 Å². The van der Waals surface area contributed by atoms with Crippen LogP contribution in [0.4, 0.5) is 0 Å². The molecule has 3 fully saturated rings. The lowest BCUT2D eigenvalue weighted by atomic mass is 10.0. The molecule has 98 valence electrons. The molecular formula is C14H26N2S. The van der Waals surface area contributed by atoms with E-state index in [1.165, 1.54) is 70.6 Å². The fourth-order valence-corrected chi connectivity index (χ4v) is 5.21. The van der Waals surface area contributed by atoms with Crippen LogP contribution in [0, 0.1) is 0 Å². The average Bonchev–Trinajstić information content (AvgIpc) is 2.85. The van der Waals surface area contributed by atoms with Gasteiger partial charge in [0.1, 0.15) is 0 Å². The second kappa shape index (κ2) is 5.10. The summed E-state index contributed by atoms with van der Waals surface area (Å²) in [5.74, 6) is 1.39. The molecule has 0 saturated carbocycles. The van der Waals surface area contributed by atoms with E-state index in [1.807, 2.05) is 0 Å². The Morgan fingerprint density at radius 1 is 1.18 bits per heavy atom. The van der Waals surface area contributed by atoms with Gasteiger partial charge < -0.3 is 4.90 Å². The highest BCUT2D eigenvalue weighted by molar-refractivity contribution is 8.00. The third kappa shape index (κ3) is 2.82. The Morgan fingerprint density at radius 2 is 2.06 bits per heavy atom. The fraction of sp³-hybridized carbons (Fsp3) is 1.00. The highest BCUT2D eigenvalue weighted by atomic mass is 32.2. The van der Waals surface area contributed by atoms with Crippen molar-refractivity contribution in [3.63, 3.8) is 0 Å². The van der Waals surface area contributed by atoms with Gasteiger partial charge in [0, 0.05) is 23.9 Å². The molecule has 3 saturated heterocycles. The van der Waals surface area contributed by atoms with Gasteiger partial charge in [0.15, 0.2) is 0 Å². The normalized spacial score (nSPS) is 40.4. The first-order valence-corrected chi connectivity index (χ1v) is 8.34. The van der Waals surface area contributed by atoms with Crippen molar-refractivity contribution in [2.45, 2.75) is 49.8 Å². The molecule has 3 rings (SSSR count). The number of fused-ring (bicyclic) bond motifs is 1. The molecule has 17 heavy (non-hydrogen) atoms. The Kier molecular flexibility index (Phi) is 3.69. The quantitative estimate of drug-likeness (QED) is 0.747. The molecule has 0 aromatic heterocycles. The van der Waals surface area contributed by atoms with Gasteiger partial charge in [-0.3, -0.25) is 4.90 Å². The zero-order chi connectivity index (χ0) is 11.7. The SMILES string of the molecule is CC1(CN2CCCN3CCCC3C2)CCCS1. The first kappa shape index (κ1) is 12.3. The van der Waals surface area contributed by atoms with Gasteiger partial charge in [-0.2, -0.15) is 11.8 Å². The summed E-state index contributed by atoms with van der Waals surface area (Å²) in [5, 5.41) is 0. The van der Waals surface area contributed by atoms with Crippen LogP contribution in [0.3, 0.4) is 0 Å². The molecule has 0 aromatic rings. The Bertz CT molecular complexity index is 263. The zero-order valence-corrected chi connectivity index (χ0v) is 12.0. The standard InChI is InChI=1S/C14H26N2S/c1-14(6-3-10-17-14)12-15-7-4-9-16-8-2-5-13(16)11-15/h13H,2-12H2,1H3. The van der Waals surface area contributed by atoms with Crippen LogP contribution in [0.25, 0.3) is 0 Å². The Morgan fingerprint density at radius 3 is 2.88 bits per heavy atom. The molecule has 2 nitrogen and oxygen atoms in total. The van der Waals surface area contributed by atoms with Gasteiger partial charge in [-0.15, -0.1) is 0 Å². The summed E-state index contributed by atoms with van der Waals surface area (Å²) in [5.41, 5.74) is 0. The zero-order valence-electron chi connectivity index (χ0n) is 11.2. The molecule has 0 spiro atoms. The number of rotatable bonds is 2. The Labute approximate surface area is 110 Å². The first-order valence-electron chi connectivity index (χ1n) is 7.36. The van der Waals surface area contributed by atoms with E-state index < -0.39 is 0 Å². The van der Waals surface area contributed by atoms with Crippen LogP contribution in [-0.4, -0.2) is 59.1 Å².